The first-order valence-electron chi connectivity index (χ1n) is 6.15. The summed E-state index contributed by atoms with van der Waals surface area (Å²) < 4.78 is 35.9. The van der Waals surface area contributed by atoms with E-state index in [0.29, 0.717) is 19.3 Å². The van der Waals surface area contributed by atoms with Crippen molar-refractivity contribution >= 4 is 16.0 Å². The van der Waals surface area contributed by atoms with Gasteiger partial charge in [0.05, 0.1) is 31.0 Å². The molecule has 1 aliphatic carbocycles. The van der Waals surface area contributed by atoms with Gasteiger partial charge in [-0.2, -0.15) is 0 Å². The highest BCUT2D eigenvalue weighted by molar-refractivity contribution is 7.90. The number of aliphatic hydroxyl groups excluding tert-OH is 1. The molecular formula is C11H21NO6S. The van der Waals surface area contributed by atoms with Gasteiger partial charge in [0.2, 0.25) is 10.0 Å². The average molecular weight is 295 g/mol. The zero-order valence-corrected chi connectivity index (χ0v) is 12.0. The summed E-state index contributed by atoms with van der Waals surface area (Å²) in [4.78, 5) is 11.5. The normalized spacial score (nSPS) is 25.2. The van der Waals surface area contributed by atoms with Gasteiger partial charge in [0.1, 0.15) is 0 Å². The lowest BCUT2D eigenvalue weighted by molar-refractivity contribution is -0.145. The Morgan fingerprint density at radius 3 is 2.68 bits per heavy atom. The van der Waals surface area contributed by atoms with Crippen LogP contribution in [0.5, 0.6) is 0 Å². The zero-order chi connectivity index (χ0) is 14.5. The molecule has 0 saturated heterocycles. The summed E-state index contributed by atoms with van der Waals surface area (Å²) in [6.07, 6.45) is 0.707. The van der Waals surface area contributed by atoms with Crippen LogP contribution in [0.3, 0.4) is 0 Å². The van der Waals surface area contributed by atoms with Crippen LogP contribution in [0.2, 0.25) is 0 Å². The van der Waals surface area contributed by atoms with E-state index in [1.54, 1.807) is 0 Å². The van der Waals surface area contributed by atoms with Crippen LogP contribution in [0.4, 0.5) is 0 Å². The second-order valence-electron chi connectivity index (χ2n) is 4.60. The standard InChI is InChI=1S/C11H21NO6S/c1-17-7-8(13)6-12-19(15,16)10-5-3-4-9(10)11(14)18-2/h8-10,12-13H,3-7H2,1-2H3. The lowest BCUT2D eigenvalue weighted by Gasteiger charge is -2.19. The SMILES string of the molecule is COCC(O)CNS(=O)(=O)C1CCCC1C(=O)OC. The molecule has 3 unspecified atom stereocenters. The maximum atomic E-state index is 12.1. The van der Waals surface area contributed by atoms with Gasteiger partial charge in [-0.05, 0) is 12.8 Å². The summed E-state index contributed by atoms with van der Waals surface area (Å²) in [7, 11) is -0.975. The van der Waals surface area contributed by atoms with Gasteiger partial charge in [0, 0.05) is 13.7 Å². The molecule has 2 N–H and O–H groups in total. The topological polar surface area (TPSA) is 102 Å². The maximum Gasteiger partial charge on any atom is 0.310 e. The molecule has 0 heterocycles. The first-order valence-corrected chi connectivity index (χ1v) is 7.70. The van der Waals surface area contributed by atoms with Crippen LogP contribution in [-0.4, -0.2) is 58.2 Å². The molecule has 0 bridgehead atoms. The fourth-order valence-electron chi connectivity index (χ4n) is 2.29. The van der Waals surface area contributed by atoms with Crippen molar-refractivity contribution in [1.82, 2.24) is 4.72 Å². The highest BCUT2D eigenvalue weighted by atomic mass is 32.2. The molecule has 8 heteroatoms. The van der Waals surface area contributed by atoms with Crippen LogP contribution >= 0.6 is 0 Å². The quantitative estimate of drug-likeness (QED) is 0.600. The van der Waals surface area contributed by atoms with Gasteiger partial charge in [-0.25, -0.2) is 13.1 Å². The summed E-state index contributed by atoms with van der Waals surface area (Å²) in [5, 5.41) is 8.65. The molecule has 1 rings (SSSR count). The summed E-state index contributed by atoms with van der Waals surface area (Å²) in [6.45, 7) is -0.0752. The number of hydrogen-bond donors (Lipinski definition) is 2. The Kier molecular flexibility index (Phi) is 6.18. The molecule has 1 fully saturated rings. The first-order chi connectivity index (χ1) is 8.92. The minimum absolute atomic E-state index is 0.0492. The zero-order valence-electron chi connectivity index (χ0n) is 11.2. The molecule has 3 atom stereocenters. The Balaban J connectivity index is 2.63. The predicted molar refractivity (Wildman–Crippen MR) is 68.0 cm³/mol. The smallest absolute Gasteiger partial charge is 0.310 e. The number of carbonyl (C=O) groups is 1. The number of aliphatic hydroxyl groups is 1. The van der Waals surface area contributed by atoms with E-state index in [9.17, 15) is 18.3 Å². The summed E-state index contributed by atoms with van der Waals surface area (Å²) in [6, 6.07) is 0. The van der Waals surface area contributed by atoms with Crippen molar-refractivity contribution in [3.8, 4) is 0 Å². The van der Waals surface area contributed by atoms with Gasteiger partial charge in [0.15, 0.2) is 0 Å². The molecule has 0 radical (unpaired) electrons. The molecule has 7 nitrogen and oxygen atoms in total. The monoisotopic (exact) mass is 295 g/mol. The molecule has 19 heavy (non-hydrogen) atoms. The molecule has 1 aliphatic rings. The van der Waals surface area contributed by atoms with Gasteiger partial charge in [0.25, 0.3) is 0 Å². The van der Waals surface area contributed by atoms with Crippen LogP contribution in [-0.2, 0) is 24.3 Å². The molecule has 0 aromatic rings. The third kappa shape index (κ3) is 4.41. The van der Waals surface area contributed by atoms with Gasteiger partial charge >= 0.3 is 5.97 Å². The Morgan fingerprint density at radius 2 is 2.11 bits per heavy atom. The van der Waals surface area contributed by atoms with Gasteiger partial charge in [-0.1, -0.05) is 6.42 Å². The van der Waals surface area contributed by atoms with Crippen LogP contribution in [0.25, 0.3) is 0 Å². The van der Waals surface area contributed by atoms with E-state index in [4.69, 9.17) is 4.74 Å². The third-order valence-electron chi connectivity index (χ3n) is 3.23. The molecule has 0 spiro atoms. The van der Waals surface area contributed by atoms with Crippen molar-refractivity contribution in [2.24, 2.45) is 5.92 Å². The van der Waals surface area contributed by atoms with Crippen LogP contribution in [0.1, 0.15) is 19.3 Å². The van der Waals surface area contributed by atoms with Gasteiger partial charge < -0.3 is 14.6 Å². The summed E-state index contributed by atoms with van der Waals surface area (Å²) in [5.41, 5.74) is 0. The molecule has 0 aliphatic heterocycles. The van der Waals surface area contributed by atoms with Crippen molar-refractivity contribution in [2.75, 3.05) is 27.4 Å². The van der Waals surface area contributed by atoms with Crippen molar-refractivity contribution in [1.29, 1.82) is 0 Å². The number of hydrogen-bond acceptors (Lipinski definition) is 6. The highest BCUT2D eigenvalue weighted by Crippen LogP contribution is 2.31. The molecular weight excluding hydrogens is 274 g/mol. The number of rotatable bonds is 7. The lowest BCUT2D eigenvalue weighted by Crippen LogP contribution is -2.43. The van der Waals surface area contributed by atoms with Crippen LogP contribution in [0.15, 0.2) is 0 Å². The molecule has 112 valence electrons. The number of sulfonamides is 1. The Hall–Kier alpha value is -0.700. The second kappa shape index (κ2) is 7.18. The van der Waals surface area contributed by atoms with Crippen LogP contribution < -0.4 is 4.72 Å². The highest BCUT2D eigenvalue weighted by Gasteiger charge is 2.42. The van der Waals surface area contributed by atoms with E-state index in [0.717, 1.165) is 0 Å². The minimum atomic E-state index is -3.64. The molecule has 1 saturated carbocycles. The fraction of sp³-hybridized carbons (Fsp3) is 0.909. The Morgan fingerprint density at radius 1 is 1.42 bits per heavy atom. The molecule has 0 amide bonds. The summed E-state index contributed by atoms with van der Waals surface area (Å²) in [5.74, 6) is -1.12. The maximum absolute atomic E-state index is 12.1. The number of esters is 1. The average Bonchev–Trinajstić information content (AvgIpc) is 2.86. The van der Waals surface area contributed by atoms with E-state index in [1.807, 2.05) is 0 Å². The van der Waals surface area contributed by atoms with Crippen molar-refractivity contribution in [3.63, 3.8) is 0 Å². The third-order valence-corrected chi connectivity index (χ3v) is 5.16. The van der Waals surface area contributed by atoms with E-state index >= 15 is 0 Å². The van der Waals surface area contributed by atoms with Crippen LogP contribution in [0, 0.1) is 5.92 Å². The first kappa shape index (κ1) is 16.4. The number of nitrogens with one attached hydrogen (secondary N) is 1. The lowest BCUT2D eigenvalue weighted by atomic mass is 10.1. The van der Waals surface area contributed by atoms with Crippen molar-refractivity contribution in [2.45, 2.75) is 30.6 Å². The number of carbonyl (C=O) groups excluding carboxylic acids is 1. The fourth-order valence-corrected chi connectivity index (χ4v) is 4.08. The van der Waals surface area contributed by atoms with E-state index < -0.39 is 33.3 Å². The summed E-state index contributed by atoms with van der Waals surface area (Å²) >= 11 is 0. The van der Waals surface area contributed by atoms with E-state index in [-0.39, 0.29) is 13.2 Å². The predicted octanol–water partition coefficient (Wildman–Crippen LogP) is -0.745. The molecule has 0 aromatic carbocycles. The van der Waals surface area contributed by atoms with E-state index in [1.165, 1.54) is 14.2 Å². The number of ether oxygens (including phenoxy) is 2. The van der Waals surface area contributed by atoms with Gasteiger partial charge in [-0.3, -0.25) is 4.79 Å². The largest absolute Gasteiger partial charge is 0.469 e. The minimum Gasteiger partial charge on any atom is -0.469 e. The van der Waals surface area contributed by atoms with Crippen molar-refractivity contribution in [3.05, 3.63) is 0 Å². The molecule has 0 aromatic heterocycles. The number of methoxy groups -OCH3 is 2. The Bertz CT molecular complexity index is 396. The second-order valence-corrected chi connectivity index (χ2v) is 6.59. The Labute approximate surface area is 113 Å². The van der Waals surface area contributed by atoms with Gasteiger partial charge in [-0.15, -0.1) is 0 Å². The van der Waals surface area contributed by atoms with Crippen molar-refractivity contribution < 1.29 is 27.8 Å². The van der Waals surface area contributed by atoms with E-state index in [2.05, 4.69) is 9.46 Å².